The molecule has 176 valence electrons. The number of nitro benzene ring substituents is 1. The lowest BCUT2D eigenvalue weighted by atomic mass is 10.1. The molecule has 2 aliphatic heterocycles. The molecule has 0 saturated carbocycles. The molecule has 10 nitrogen and oxygen atoms in total. The first-order valence-corrected chi connectivity index (χ1v) is 12.7. The molecule has 2 unspecified atom stereocenters. The average Bonchev–Trinajstić information content (AvgIpc) is 2.83. The van der Waals surface area contributed by atoms with Gasteiger partial charge in [0.2, 0.25) is 5.91 Å². The second-order valence-electron chi connectivity index (χ2n) is 6.75. The van der Waals surface area contributed by atoms with E-state index >= 15 is 0 Å². The van der Waals surface area contributed by atoms with Crippen molar-refractivity contribution in [2.24, 2.45) is 0 Å². The summed E-state index contributed by atoms with van der Waals surface area (Å²) in [6.07, 6.45) is 1.25. The van der Waals surface area contributed by atoms with E-state index in [9.17, 15) is 24.5 Å². The molecule has 0 aliphatic carbocycles. The van der Waals surface area contributed by atoms with Gasteiger partial charge in [0.15, 0.2) is 0 Å². The van der Waals surface area contributed by atoms with Crippen molar-refractivity contribution in [1.82, 2.24) is 10.2 Å². The predicted molar refractivity (Wildman–Crippen MR) is 130 cm³/mol. The largest absolute Gasteiger partial charge is 0.456 e. The van der Waals surface area contributed by atoms with Gasteiger partial charge < -0.3 is 10.1 Å². The second kappa shape index (κ2) is 11.8. The number of nitriles is 1. The van der Waals surface area contributed by atoms with E-state index in [4.69, 9.17) is 10.00 Å². The molecular formula is C21H18N4O6S3. The lowest BCUT2D eigenvalue weighted by Crippen LogP contribution is -2.70. The van der Waals surface area contributed by atoms with Gasteiger partial charge in [0.1, 0.15) is 23.7 Å². The minimum absolute atomic E-state index is 0.0525. The summed E-state index contributed by atoms with van der Waals surface area (Å²) in [5, 5.41) is 24.5. The van der Waals surface area contributed by atoms with Crippen LogP contribution in [0.5, 0.6) is 0 Å². The van der Waals surface area contributed by atoms with Crippen molar-refractivity contribution < 1.29 is 24.0 Å². The molecule has 0 aromatic heterocycles. The summed E-state index contributed by atoms with van der Waals surface area (Å²) in [5.74, 6) is -1.00. The fraction of sp³-hybridized carbons (Fsp3) is 0.238. The van der Waals surface area contributed by atoms with E-state index in [2.05, 4.69) is 11.9 Å². The molecule has 2 atom stereocenters. The summed E-state index contributed by atoms with van der Waals surface area (Å²) in [6, 6.07) is 6.66. The van der Waals surface area contributed by atoms with Gasteiger partial charge in [-0.15, -0.1) is 23.5 Å². The van der Waals surface area contributed by atoms with Gasteiger partial charge >= 0.3 is 5.97 Å². The van der Waals surface area contributed by atoms with Crippen LogP contribution >= 0.6 is 35.3 Å². The van der Waals surface area contributed by atoms with Crippen LogP contribution < -0.4 is 5.32 Å². The van der Waals surface area contributed by atoms with E-state index in [1.165, 1.54) is 64.2 Å². The fourth-order valence-electron chi connectivity index (χ4n) is 3.12. The number of nitrogens with one attached hydrogen (secondary N) is 1. The highest BCUT2D eigenvalue weighted by molar-refractivity contribution is 8.08. The SMILES string of the molecule is C=CSC1=C(C(=O)OCc2ccc([N+](=O)[O-])cc2)N2C(=O)C(NC(=O)CS/C=C\C#N)C2SC1. The van der Waals surface area contributed by atoms with Gasteiger partial charge in [-0.3, -0.25) is 24.6 Å². The first-order valence-electron chi connectivity index (χ1n) is 9.68. The number of esters is 1. The van der Waals surface area contributed by atoms with Gasteiger partial charge in [0.25, 0.3) is 11.6 Å². The molecule has 0 radical (unpaired) electrons. The molecule has 1 aromatic carbocycles. The van der Waals surface area contributed by atoms with E-state index in [0.29, 0.717) is 16.2 Å². The quantitative estimate of drug-likeness (QED) is 0.161. The summed E-state index contributed by atoms with van der Waals surface area (Å²) < 4.78 is 5.40. The average molecular weight is 519 g/mol. The van der Waals surface area contributed by atoms with Crippen LogP contribution in [0.2, 0.25) is 0 Å². The van der Waals surface area contributed by atoms with Gasteiger partial charge in [0.05, 0.1) is 16.7 Å². The van der Waals surface area contributed by atoms with Crippen molar-refractivity contribution in [1.29, 1.82) is 5.26 Å². The molecule has 1 saturated heterocycles. The maximum absolute atomic E-state index is 12.9. The zero-order valence-electron chi connectivity index (χ0n) is 17.5. The number of rotatable bonds is 10. The summed E-state index contributed by atoms with van der Waals surface area (Å²) in [7, 11) is 0. The number of hydrogen-bond donors (Lipinski definition) is 1. The molecule has 2 heterocycles. The van der Waals surface area contributed by atoms with E-state index in [-0.39, 0.29) is 29.7 Å². The van der Waals surface area contributed by atoms with Crippen LogP contribution in [0.4, 0.5) is 5.69 Å². The third kappa shape index (κ3) is 5.82. The molecule has 34 heavy (non-hydrogen) atoms. The summed E-state index contributed by atoms with van der Waals surface area (Å²) in [4.78, 5) is 50.1. The molecule has 13 heteroatoms. The lowest BCUT2D eigenvalue weighted by molar-refractivity contribution is -0.384. The standard InChI is InChI=1S/C21H18N4O6S3/c1-2-33-15-11-34-20-17(23-16(26)12-32-9-3-8-22)19(27)24(20)18(15)21(28)31-10-13-4-6-14(7-5-13)25(29)30/h2-7,9,17,20H,1,10-12H2,(H,23,26)/b9-3-. The van der Waals surface area contributed by atoms with Gasteiger partial charge in [0, 0.05) is 28.9 Å². The Morgan fingerprint density at radius 1 is 1.41 bits per heavy atom. The van der Waals surface area contributed by atoms with Crippen LogP contribution in [-0.4, -0.2) is 50.5 Å². The Morgan fingerprint density at radius 2 is 2.15 bits per heavy atom. The zero-order chi connectivity index (χ0) is 24.7. The smallest absolute Gasteiger partial charge is 0.356 e. The third-order valence-corrected chi connectivity index (χ3v) is 7.65. The number of hydrogen-bond acceptors (Lipinski definition) is 10. The van der Waals surface area contributed by atoms with Crippen molar-refractivity contribution >= 4 is 58.8 Å². The molecular weight excluding hydrogens is 500 g/mol. The van der Waals surface area contributed by atoms with Crippen molar-refractivity contribution in [3.8, 4) is 6.07 Å². The summed E-state index contributed by atoms with van der Waals surface area (Å²) in [5.41, 5.74) is 0.591. The van der Waals surface area contributed by atoms with Crippen LogP contribution in [0.25, 0.3) is 0 Å². The highest BCUT2D eigenvalue weighted by atomic mass is 32.2. The van der Waals surface area contributed by atoms with Crippen LogP contribution in [0.1, 0.15) is 5.56 Å². The number of nitrogens with zero attached hydrogens (tertiary/aromatic N) is 3. The second-order valence-corrected chi connectivity index (χ2v) is 9.81. The first kappa shape index (κ1) is 25.4. The Labute approximate surface area is 207 Å². The van der Waals surface area contributed by atoms with Gasteiger partial charge in [-0.05, 0) is 28.5 Å². The number of fused-ring (bicyclic) bond motifs is 1. The number of benzene rings is 1. The summed E-state index contributed by atoms with van der Waals surface area (Å²) >= 11 is 3.76. The monoisotopic (exact) mass is 518 g/mol. The highest BCUT2D eigenvalue weighted by Crippen LogP contribution is 2.44. The number of allylic oxidation sites excluding steroid dienone is 1. The number of ether oxygens (including phenoxy) is 1. The Balaban J connectivity index is 1.67. The van der Waals surface area contributed by atoms with Crippen LogP contribution in [-0.2, 0) is 25.7 Å². The Bertz CT molecular complexity index is 1110. The Hall–Kier alpha value is -3.21. The number of nitro groups is 1. The van der Waals surface area contributed by atoms with Crippen LogP contribution in [0.15, 0.2) is 58.3 Å². The van der Waals surface area contributed by atoms with Crippen LogP contribution in [0, 0.1) is 21.4 Å². The zero-order valence-corrected chi connectivity index (χ0v) is 20.0. The van der Waals surface area contributed by atoms with Gasteiger partial charge in [-0.2, -0.15) is 5.26 Å². The molecule has 1 aromatic rings. The highest BCUT2D eigenvalue weighted by Gasteiger charge is 2.54. The fourth-order valence-corrected chi connectivity index (χ4v) is 5.77. The predicted octanol–water partition coefficient (Wildman–Crippen LogP) is 2.90. The minimum Gasteiger partial charge on any atom is -0.456 e. The number of β-lactam (4-membered cyclic amide) rings is 1. The van der Waals surface area contributed by atoms with Crippen LogP contribution in [0.3, 0.4) is 0 Å². The van der Waals surface area contributed by atoms with Crippen molar-refractivity contribution in [3.05, 3.63) is 74.0 Å². The molecule has 2 aliphatic rings. The molecule has 3 rings (SSSR count). The third-order valence-electron chi connectivity index (χ3n) is 4.64. The van der Waals surface area contributed by atoms with Gasteiger partial charge in [-0.1, -0.05) is 18.3 Å². The number of carbonyl (C=O) groups is 3. The number of carbonyl (C=O) groups excluding carboxylic acids is 3. The summed E-state index contributed by atoms with van der Waals surface area (Å²) in [6.45, 7) is 3.54. The molecule has 0 bridgehead atoms. The van der Waals surface area contributed by atoms with E-state index in [1.54, 1.807) is 5.41 Å². The number of amides is 2. The Kier molecular flexibility index (Phi) is 8.80. The maximum Gasteiger partial charge on any atom is 0.356 e. The molecule has 1 N–H and O–H groups in total. The first-order chi connectivity index (χ1) is 16.4. The van der Waals surface area contributed by atoms with E-state index in [0.717, 1.165) is 11.8 Å². The van der Waals surface area contributed by atoms with Crippen molar-refractivity contribution in [2.45, 2.75) is 18.0 Å². The number of thioether (sulfide) groups is 3. The number of non-ortho nitro benzene ring substituents is 1. The molecule has 1 fully saturated rings. The lowest BCUT2D eigenvalue weighted by Gasteiger charge is -2.49. The normalized spacial score (nSPS) is 19.1. The van der Waals surface area contributed by atoms with E-state index < -0.39 is 28.2 Å². The maximum atomic E-state index is 12.9. The Morgan fingerprint density at radius 3 is 2.79 bits per heavy atom. The molecule has 2 amide bonds. The molecule has 0 spiro atoms. The van der Waals surface area contributed by atoms with Crippen molar-refractivity contribution in [2.75, 3.05) is 11.5 Å². The van der Waals surface area contributed by atoms with E-state index in [1.807, 2.05) is 6.07 Å². The topological polar surface area (TPSA) is 143 Å². The van der Waals surface area contributed by atoms with Gasteiger partial charge in [-0.25, -0.2) is 4.79 Å². The van der Waals surface area contributed by atoms with Crippen molar-refractivity contribution in [3.63, 3.8) is 0 Å². The minimum atomic E-state index is -0.772.